The minimum atomic E-state index is -2.65. The Morgan fingerprint density at radius 2 is 2.08 bits per heavy atom. The molecule has 2 rings (SSSR count). The Morgan fingerprint density at radius 3 is 2.42 bits per heavy atom. The first-order chi connectivity index (χ1) is 5.53. The standard InChI is InChI=1S/C7H8F2N2O/c1-3-5(7(3,8)9)6-10-4(2)11-12-6/h3,5H,1-2H3. The lowest BCUT2D eigenvalue weighted by Crippen LogP contribution is -1.93. The number of nitrogens with zero attached hydrogens (tertiary/aromatic N) is 2. The van der Waals surface area contributed by atoms with Gasteiger partial charge < -0.3 is 4.52 Å². The molecule has 1 heterocycles. The van der Waals surface area contributed by atoms with E-state index >= 15 is 0 Å². The lowest BCUT2D eigenvalue weighted by atomic mass is 10.3. The number of aryl methyl sites for hydroxylation is 1. The van der Waals surface area contributed by atoms with E-state index in [-0.39, 0.29) is 5.89 Å². The van der Waals surface area contributed by atoms with Crippen molar-refractivity contribution >= 4 is 0 Å². The van der Waals surface area contributed by atoms with Crippen LogP contribution in [-0.4, -0.2) is 16.1 Å². The molecule has 0 amide bonds. The van der Waals surface area contributed by atoms with E-state index in [0.29, 0.717) is 5.82 Å². The lowest BCUT2D eigenvalue weighted by molar-refractivity contribution is 0.0924. The maximum atomic E-state index is 12.8. The molecule has 0 spiro atoms. The van der Waals surface area contributed by atoms with Gasteiger partial charge in [0, 0.05) is 5.92 Å². The summed E-state index contributed by atoms with van der Waals surface area (Å²) in [5, 5.41) is 3.46. The molecular weight excluding hydrogens is 166 g/mol. The molecule has 3 nitrogen and oxygen atoms in total. The van der Waals surface area contributed by atoms with Crippen LogP contribution in [0.1, 0.15) is 24.6 Å². The van der Waals surface area contributed by atoms with Crippen molar-refractivity contribution in [1.82, 2.24) is 10.1 Å². The van der Waals surface area contributed by atoms with Crippen LogP contribution in [0.4, 0.5) is 8.78 Å². The zero-order valence-corrected chi connectivity index (χ0v) is 6.71. The van der Waals surface area contributed by atoms with Gasteiger partial charge in [0.15, 0.2) is 5.82 Å². The molecule has 0 N–H and O–H groups in total. The lowest BCUT2D eigenvalue weighted by Gasteiger charge is -1.87. The van der Waals surface area contributed by atoms with Gasteiger partial charge >= 0.3 is 0 Å². The van der Waals surface area contributed by atoms with Gasteiger partial charge in [-0.25, -0.2) is 8.78 Å². The van der Waals surface area contributed by atoms with Crippen molar-refractivity contribution in [2.75, 3.05) is 0 Å². The SMILES string of the molecule is Cc1noc(C2C(C)C2(F)F)n1. The summed E-state index contributed by atoms with van der Waals surface area (Å²) in [4.78, 5) is 3.76. The first-order valence-electron chi connectivity index (χ1n) is 3.71. The average molecular weight is 174 g/mol. The summed E-state index contributed by atoms with van der Waals surface area (Å²) in [7, 11) is 0. The van der Waals surface area contributed by atoms with Gasteiger partial charge in [-0.1, -0.05) is 12.1 Å². The molecule has 1 fully saturated rings. The van der Waals surface area contributed by atoms with Gasteiger partial charge in [-0.2, -0.15) is 4.98 Å². The van der Waals surface area contributed by atoms with E-state index < -0.39 is 17.8 Å². The van der Waals surface area contributed by atoms with Gasteiger partial charge in [-0.15, -0.1) is 0 Å². The van der Waals surface area contributed by atoms with E-state index in [1.54, 1.807) is 6.92 Å². The Hall–Kier alpha value is -1.00. The van der Waals surface area contributed by atoms with E-state index in [1.165, 1.54) is 6.92 Å². The van der Waals surface area contributed by atoms with E-state index in [2.05, 4.69) is 14.7 Å². The van der Waals surface area contributed by atoms with Crippen LogP contribution in [0.25, 0.3) is 0 Å². The summed E-state index contributed by atoms with van der Waals surface area (Å²) in [5.74, 6) is -3.72. The topological polar surface area (TPSA) is 38.9 Å². The Labute approximate surface area is 67.8 Å². The smallest absolute Gasteiger partial charge is 0.263 e. The maximum absolute atomic E-state index is 12.8. The van der Waals surface area contributed by atoms with Crippen LogP contribution in [0.2, 0.25) is 0 Å². The molecule has 0 aromatic carbocycles. The number of alkyl halides is 2. The van der Waals surface area contributed by atoms with Crippen LogP contribution >= 0.6 is 0 Å². The summed E-state index contributed by atoms with van der Waals surface area (Å²) < 4.78 is 30.2. The number of hydrogen-bond donors (Lipinski definition) is 0. The maximum Gasteiger partial charge on any atom is 0.263 e. The molecule has 1 aliphatic rings. The Bertz CT molecular complexity index is 310. The predicted octanol–water partition coefficient (Wildman–Crippen LogP) is 1.75. The first kappa shape index (κ1) is 7.64. The molecule has 0 radical (unpaired) electrons. The fourth-order valence-electron chi connectivity index (χ4n) is 1.30. The highest BCUT2D eigenvalue weighted by Gasteiger charge is 2.68. The van der Waals surface area contributed by atoms with E-state index in [0.717, 1.165) is 0 Å². The predicted molar refractivity (Wildman–Crippen MR) is 35.9 cm³/mol. The second kappa shape index (κ2) is 2.02. The highest BCUT2D eigenvalue weighted by atomic mass is 19.3. The fourth-order valence-corrected chi connectivity index (χ4v) is 1.30. The molecule has 5 heteroatoms. The molecule has 66 valence electrons. The van der Waals surface area contributed by atoms with Crippen molar-refractivity contribution in [3.63, 3.8) is 0 Å². The van der Waals surface area contributed by atoms with Gasteiger partial charge in [0.2, 0.25) is 5.89 Å². The number of halogens is 2. The molecule has 1 aromatic rings. The third kappa shape index (κ3) is 0.852. The highest BCUT2D eigenvalue weighted by molar-refractivity contribution is 5.18. The summed E-state index contributed by atoms with van der Waals surface area (Å²) in [6.45, 7) is 3.09. The normalized spacial score (nSPS) is 32.0. The van der Waals surface area contributed by atoms with Crippen LogP contribution < -0.4 is 0 Å². The zero-order valence-electron chi connectivity index (χ0n) is 6.71. The molecule has 1 aliphatic carbocycles. The average Bonchev–Trinajstić information content (AvgIpc) is 2.38. The fraction of sp³-hybridized carbons (Fsp3) is 0.714. The zero-order chi connectivity index (χ0) is 8.93. The third-order valence-corrected chi connectivity index (χ3v) is 2.22. The van der Waals surface area contributed by atoms with Crippen molar-refractivity contribution in [2.45, 2.75) is 25.7 Å². The molecule has 1 aromatic heterocycles. The molecular formula is C7H8F2N2O. The highest BCUT2D eigenvalue weighted by Crippen LogP contribution is 2.60. The van der Waals surface area contributed by atoms with Gasteiger partial charge in [-0.05, 0) is 6.92 Å². The Morgan fingerprint density at radius 1 is 1.50 bits per heavy atom. The number of aromatic nitrogens is 2. The minimum absolute atomic E-state index is 0.0602. The van der Waals surface area contributed by atoms with Crippen LogP contribution in [0, 0.1) is 12.8 Å². The van der Waals surface area contributed by atoms with Crippen molar-refractivity contribution in [3.05, 3.63) is 11.7 Å². The second-order valence-corrected chi connectivity index (χ2v) is 3.12. The summed E-state index contributed by atoms with van der Waals surface area (Å²) in [5.41, 5.74) is 0. The molecule has 0 bridgehead atoms. The monoisotopic (exact) mass is 174 g/mol. The van der Waals surface area contributed by atoms with E-state index in [4.69, 9.17) is 0 Å². The van der Waals surface area contributed by atoms with E-state index in [1.807, 2.05) is 0 Å². The Kier molecular flexibility index (Phi) is 1.29. The number of hydrogen-bond acceptors (Lipinski definition) is 3. The van der Waals surface area contributed by atoms with Crippen LogP contribution in [0.5, 0.6) is 0 Å². The van der Waals surface area contributed by atoms with Gasteiger partial charge in [0.25, 0.3) is 5.92 Å². The van der Waals surface area contributed by atoms with Gasteiger partial charge in [0.1, 0.15) is 5.92 Å². The summed E-state index contributed by atoms with van der Waals surface area (Å²) in [6.07, 6.45) is 0. The van der Waals surface area contributed by atoms with E-state index in [9.17, 15) is 8.78 Å². The molecule has 0 aliphatic heterocycles. The number of rotatable bonds is 1. The molecule has 0 saturated heterocycles. The summed E-state index contributed by atoms with van der Waals surface area (Å²) >= 11 is 0. The largest absolute Gasteiger partial charge is 0.339 e. The quantitative estimate of drug-likeness (QED) is 0.651. The van der Waals surface area contributed by atoms with Gasteiger partial charge in [-0.3, -0.25) is 0 Å². The molecule has 1 saturated carbocycles. The summed E-state index contributed by atoms with van der Waals surface area (Å²) in [6, 6.07) is 0. The van der Waals surface area contributed by atoms with Crippen molar-refractivity contribution in [2.24, 2.45) is 5.92 Å². The van der Waals surface area contributed by atoms with Crippen molar-refractivity contribution < 1.29 is 13.3 Å². The second-order valence-electron chi connectivity index (χ2n) is 3.12. The van der Waals surface area contributed by atoms with Crippen LogP contribution in [0.3, 0.4) is 0 Å². The van der Waals surface area contributed by atoms with Crippen molar-refractivity contribution in [1.29, 1.82) is 0 Å². The molecule has 12 heavy (non-hydrogen) atoms. The molecule has 2 atom stereocenters. The van der Waals surface area contributed by atoms with Crippen molar-refractivity contribution in [3.8, 4) is 0 Å². The van der Waals surface area contributed by atoms with Crippen LogP contribution in [-0.2, 0) is 0 Å². The minimum Gasteiger partial charge on any atom is -0.339 e. The first-order valence-corrected chi connectivity index (χ1v) is 3.71. The molecule has 2 unspecified atom stereocenters. The Balaban J connectivity index is 2.24. The van der Waals surface area contributed by atoms with Gasteiger partial charge in [0.05, 0.1) is 0 Å². The third-order valence-electron chi connectivity index (χ3n) is 2.22. The van der Waals surface area contributed by atoms with Crippen LogP contribution in [0.15, 0.2) is 4.52 Å².